The first-order valence-corrected chi connectivity index (χ1v) is 8.19. The lowest BCUT2D eigenvalue weighted by molar-refractivity contribution is 0.0589. The van der Waals surface area contributed by atoms with Crippen LogP contribution in [0.15, 0.2) is 42.7 Å². The highest BCUT2D eigenvalue weighted by molar-refractivity contribution is 6.30. The van der Waals surface area contributed by atoms with Crippen LogP contribution in [0.1, 0.15) is 21.0 Å². The topological polar surface area (TPSA) is 100 Å². The lowest BCUT2D eigenvalue weighted by Gasteiger charge is -2.06. The molecule has 1 N–H and O–H groups in total. The molecule has 2 aromatic heterocycles. The number of hydrogen-bond acceptors (Lipinski definition) is 6. The first-order chi connectivity index (χ1) is 13.0. The van der Waals surface area contributed by atoms with E-state index < -0.39 is 11.9 Å². The summed E-state index contributed by atoms with van der Waals surface area (Å²) in [5.41, 5.74) is 0.526. The lowest BCUT2D eigenvalue weighted by atomic mass is 10.3. The minimum Gasteiger partial charge on any atom is -0.471 e. The van der Waals surface area contributed by atoms with Crippen LogP contribution in [0.25, 0.3) is 0 Å². The van der Waals surface area contributed by atoms with Crippen molar-refractivity contribution in [3.05, 3.63) is 59.1 Å². The van der Waals surface area contributed by atoms with Gasteiger partial charge in [-0.15, -0.1) is 0 Å². The molecule has 3 rings (SSSR count). The van der Waals surface area contributed by atoms with Gasteiger partial charge in [-0.2, -0.15) is 10.2 Å². The summed E-state index contributed by atoms with van der Waals surface area (Å²) in [5, 5.41) is 11.3. The van der Waals surface area contributed by atoms with E-state index in [2.05, 4.69) is 15.5 Å². The first kappa shape index (κ1) is 18.5. The van der Waals surface area contributed by atoms with Crippen LogP contribution in [0.3, 0.4) is 0 Å². The Labute approximate surface area is 159 Å². The maximum absolute atomic E-state index is 12.4. The molecule has 0 aliphatic heterocycles. The Morgan fingerprint density at radius 2 is 2.11 bits per heavy atom. The SMILES string of the molecule is COC(=O)c1c(NC(=O)c2ccn(COc3cccc(Cl)c3)n2)cnn1C. The van der Waals surface area contributed by atoms with Crippen LogP contribution in [-0.2, 0) is 18.5 Å². The number of halogens is 1. The van der Waals surface area contributed by atoms with Crippen LogP contribution in [0.4, 0.5) is 5.69 Å². The Balaban J connectivity index is 1.66. The Kier molecular flexibility index (Phi) is 5.41. The van der Waals surface area contributed by atoms with E-state index in [0.717, 1.165) is 0 Å². The Morgan fingerprint density at radius 1 is 1.30 bits per heavy atom. The van der Waals surface area contributed by atoms with Gasteiger partial charge in [0.25, 0.3) is 5.91 Å². The van der Waals surface area contributed by atoms with Gasteiger partial charge in [0.15, 0.2) is 18.1 Å². The van der Waals surface area contributed by atoms with Crippen LogP contribution in [-0.4, -0.2) is 38.5 Å². The average Bonchev–Trinajstić information content (AvgIpc) is 3.26. The highest BCUT2D eigenvalue weighted by Crippen LogP contribution is 2.18. The summed E-state index contributed by atoms with van der Waals surface area (Å²) in [6, 6.07) is 8.48. The van der Waals surface area contributed by atoms with Crippen LogP contribution >= 0.6 is 11.6 Å². The summed E-state index contributed by atoms with van der Waals surface area (Å²) in [5.74, 6) is -0.512. The van der Waals surface area contributed by atoms with E-state index >= 15 is 0 Å². The zero-order chi connectivity index (χ0) is 19.4. The third kappa shape index (κ3) is 4.26. The molecule has 0 saturated heterocycles. The molecule has 0 spiro atoms. The molecule has 2 heterocycles. The molecule has 9 nitrogen and oxygen atoms in total. The number of methoxy groups -OCH3 is 1. The van der Waals surface area contributed by atoms with Gasteiger partial charge in [-0.05, 0) is 24.3 Å². The smallest absolute Gasteiger partial charge is 0.358 e. The van der Waals surface area contributed by atoms with E-state index in [-0.39, 0.29) is 23.8 Å². The van der Waals surface area contributed by atoms with Gasteiger partial charge < -0.3 is 14.8 Å². The predicted molar refractivity (Wildman–Crippen MR) is 96.8 cm³/mol. The molecular formula is C17H16ClN5O4. The van der Waals surface area contributed by atoms with E-state index in [9.17, 15) is 9.59 Å². The van der Waals surface area contributed by atoms with E-state index in [1.165, 1.54) is 28.7 Å². The van der Waals surface area contributed by atoms with Crippen molar-refractivity contribution in [2.45, 2.75) is 6.73 Å². The fraction of sp³-hybridized carbons (Fsp3) is 0.176. The van der Waals surface area contributed by atoms with Crippen molar-refractivity contribution < 1.29 is 19.1 Å². The summed E-state index contributed by atoms with van der Waals surface area (Å²) >= 11 is 5.90. The van der Waals surface area contributed by atoms with Crippen molar-refractivity contribution in [2.75, 3.05) is 12.4 Å². The third-order valence-corrected chi connectivity index (χ3v) is 3.83. The molecule has 1 aromatic carbocycles. The number of ether oxygens (including phenoxy) is 2. The predicted octanol–water partition coefficient (Wildman–Crippen LogP) is 2.35. The highest BCUT2D eigenvalue weighted by atomic mass is 35.5. The zero-order valence-electron chi connectivity index (χ0n) is 14.5. The first-order valence-electron chi connectivity index (χ1n) is 7.81. The number of nitrogens with one attached hydrogen (secondary N) is 1. The number of carbonyl (C=O) groups is 2. The van der Waals surface area contributed by atoms with Gasteiger partial charge in [0, 0.05) is 18.3 Å². The van der Waals surface area contributed by atoms with Crippen molar-refractivity contribution in [3.63, 3.8) is 0 Å². The number of carbonyl (C=O) groups excluding carboxylic acids is 2. The van der Waals surface area contributed by atoms with E-state index in [0.29, 0.717) is 10.8 Å². The summed E-state index contributed by atoms with van der Waals surface area (Å²) in [6.45, 7) is 0.105. The van der Waals surface area contributed by atoms with Gasteiger partial charge in [-0.1, -0.05) is 17.7 Å². The second-order valence-electron chi connectivity index (χ2n) is 5.45. The van der Waals surface area contributed by atoms with Gasteiger partial charge in [-0.3, -0.25) is 9.48 Å². The quantitative estimate of drug-likeness (QED) is 0.649. The number of aromatic nitrogens is 4. The molecule has 0 aliphatic carbocycles. The van der Waals surface area contributed by atoms with Crippen molar-refractivity contribution in [3.8, 4) is 5.75 Å². The fourth-order valence-electron chi connectivity index (χ4n) is 2.31. The van der Waals surface area contributed by atoms with E-state index in [1.807, 2.05) is 0 Å². The molecule has 0 saturated carbocycles. The monoisotopic (exact) mass is 389 g/mol. The van der Waals surface area contributed by atoms with Gasteiger partial charge in [0.05, 0.1) is 19.0 Å². The number of nitrogens with zero attached hydrogens (tertiary/aromatic N) is 4. The van der Waals surface area contributed by atoms with Crippen LogP contribution in [0.2, 0.25) is 5.02 Å². The molecular weight excluding hydrogens is 374 g/mol. The molecule has 3 aromatic rings. The maximum Gasteiger partial charge on any atom is 0.358 e. The minimum absolute atomic E-state index is 0.105. The number of rotatable bonds is 6. The lowest BCUT2D eigenvalue weighted by Crippen LogP contribution is -2.17. The number of aryl methyl sites for hydroxylation is 1. The summed E-state index contributed by atoms with van der Waals surface area (Å²) < 4.78 is 13.0. The third-order valence-electron chi connectivity index (χ3n) is 3.60. The standard InChI is InChI=1S/C17H16ClN5O4/c1-22-15(17(25)26-2)14(9-19-22)20-16(24)13-6-7-23(21-13)10-27-12-5-3-4-11(18)8-12/h3-9H,10H2,1-2H3,(H,20,24). The second-order valence-corrected chi connectivity index (χ2v) is 5.88. The fourth-order valence-corrected chi connectivity index (χ4v) is 2.49. The summed E-state index contributed by atoms with van der Waals surface area (Å²) in [4.78, 5) is 24.2. The number of hydrogen-bond donors (Lipinski definition) is 1. The number of anilines is 1. The molecule has 27 heavy (non-hydrogen) atoms. The molecule has 140 valence electrons. The zero-order valence-corrected chi connectivity index (χ0v) is 15.3. The van der Waals surface area contributed by atoms with E-state index in [1.54, 1.807) is 37.5 Å². The number of esters is 1. The second kappa shape index (κ2) is 7.92. The number of benzene rings is 1. The normalized spacial score (nSPS) is 10.5. The summed E-state index contributed by atoms with van der Waals surface area (Å²) in [6.07, 6.45) is 2.97. The Morgan fingerprint density at radius 3 is 2.85 bits per heavy atom. The number of amides is 1. The molecule has 1 amide bonds. The Hall–Kier alpha value is -3.33. The van der Waals surface area contributed by atoms with Gasteiger partial charge in [0.2, 0.25) is 0 Å². The van der Waals surface area contributed by atoms with Crippen molar-refractivity contribution in [1.29, 1.82) is 0 Å². The molecule has 0 atom stereocenters. The van der Waals surface area contributed by atoms with Gasteiger partial charge in [-0.25, -0.2) is 9.48 Å². The minimum atomic E-state index is -0.606. The van der Waals surface area contributed by atoms with Crippen molar-refractivity contribution in [1.82, 2.24) is 19.6 Å². The van der Waals surface area contributed by atoms with Crippen LogP contribution < -0.4 is 10.1 Å². The van der Waals surface area contributed by atoms with Crippen molar-refractivity contribution in [2.24, 2.45) is 7.05 Å². The molecule has 0 radical (unpaired) electrons. The molecule has 10 heteroatoms. The van der Waals surface area contributed by atoms with Crippen LogP contribution in [0.5, 0.6) is 5.75 Å². The highest BCUT2D eigenvalue weighted by Gasteiger charge is 2.20. The van der Waals surface area contributed by atoms with E-state index in [4.69, 9.17) is 21.1 Å². The largest absolute Gasteiger partial charge is 0.471 e. The molecule has 0 fully saturated rings. The average molecular weight is 390 g/mol. The maximum atomic E-state index is 12.4. The molecule has 0 unspecified atom stereocenters. The van der Waals surface area contributed by atoms with Gasteiger partial charge in [0.1, 0.15) is 5.75 Å². The molecule has 0 bridgehead atoms. The van der Waals surface area contributed by atoms with Gasteiger partial charge >= 0.3 is 5.97 Å². The summed E-state index contributed by atoms with van der Waals surface area (Å²) in [7, 11) is 2.83. The van der Waals surface area contributed by atoms with Crippen molar-refractivity contribution >= 4 is 29.2 Å². The molecule has 0 aliphatic rings. The van der Waals surface area contributed by atoms with Crippen LogP contribution in [0, 0.1) is 0 Å². The Bertz CT molecular complexity index is 981.